The monoisotopic (exact) mass is 434 g/mol. The van der Waals surface area contributed by atoms with Crippen LogP contribution in [0.15, 0.2) is 42.5 Å². The largest absolute Gasteiger partial charge is 0.493 e. The summed E-state index contributed by atoms with van der Waals surface area (Å²) in [7, 11) is 3.05. The standard InChI is InChI=1S/C28H34O4/c1-28(2,3)23-15-11-20(12-16-23)10-13-22(19-27(29)31-5)21-14-17-25(30-4)26(18-21)32-24-8-6-7-9-24/h11-12,14-18,22,24H,6-9,19H2,1-5H3/t22-/m0/s1. The molecule has 3 rings (SSSR count). The van der Waals surface area contributed by atoms with Crippen molar-refractivity contribution in [3.63, 3.8) is 0 Å². The second-order valence-electron chi connectivity index (χ2n) is 9.36. The fourth-order valence-corrected chi connectivity index (χ4v) is 3.91. The molecular weight excluding hydrogens is 400 g/mol. The first-order valence-electron chi connectivity index (χ1n) is 11.3. The first-order chi connectivity index (χ1) is 15.3. The SMILES string of the molecule is COC(=O)C[C@H](C#Cc1ccc(C(C)(C)C)cc1)c1ccc(OC)c(OC2CCCC2)c1. The Morgan fingerprint density at radius 3 is 2.31 bits per heavy atom. The summed E-state index contributed by atoms with van der Waals surface area (Å²) in [5.41, 5.74) is 3.20. The fraction of sp³-hybridized carbons (Fsp3) is 0.464. The van der Waals surface area contributed by atoms with Crippen LogP contribution in [0.2, 0.25) is 0 Å². The van der Waals surface area contributed by atoms with Gasteiger partial charge in [0.1, 0.15) is 0 Å². The third kappa shape index (κ3) is 6.29. The maximum absolute atomic E-state index is 12.1. The van der Waals surface area contributed by atoms with Crippen LogP contribution in [0.4, 0.5) is 0 Å². The zero-order valence-corrected chi connectivity index (χ0v) is 19.9. The van der Waals surface area contributed by atoms with E-state index in [1.54, 1.807) is 7.11 Å². The molecule has 1 saturated carbocycles. The minimum atomic E-state index is -0.304. The van der Waals surface area contributed by atoms with E-state index in [0.29, 0.717) is 11.5 Å². The Morgan fingerprint density at radius 2 is 1.72 bits per heavy atom. The Labute approximate surface area is 192 Å². The van der Waals surface area contributed by atoms with Gasteiger partial charge >= 0.3 is 5.97 Å². The van der Waals surface area contributed by atoms with Gasteiger partial charge in [-0.15, -0.1) is 0 Å². The zero-order chi connectivity index (χ0) is 23.1. The number of benzene rings is 2. The van der Waals surface area contributed by atoms with Crippen LogP contribution in [0.1, 0.15) is 75.5 Å². The molecule has 0 unspecified atom stereocenters. The minimum absolute atomic E-state index is 0.0954. The smallest absolute Gasteiger partial charge is 0.307 e. The summed E-state index contributed by atoms with van der Waals surface area (Å²) in [5, 5.41) is 0. The summed E-state index contributed by atoms with van der Waals surface area (Å²) in [4.78, 5) is 12.1. The highest BCUT2D eigenvalue weighted by Gasteiger charge is 2.21. The molecule has 0 N–H and O–H groups in total. The molecule has 1 fully saturated rings. The van der Waals surface area contributed by atoms with Crippen LogP contribution < -0.4 is 9.47 Å². The molecule has 0 aliphatic heterocycles. The summed E-state index contributed by atoms with van der Waals surface area (Å²) in [6.45, 7) is 6.57. The summed E-state index contributed by atoms with van der Waals surface area (Å²) in [6.07, 6.45) is 4.89. The molecule has 1 aliphatic carbocycles. The van der Waals surface area contributed by atoms with Crippen LogP contribution in [0.25, 0.3) is 0 Å². The highest BCUT2D eigenvalue weighted by molar-refractivity contribution is 5.71. The fourth-order valence-electron chi connectivity index (χ4n) is 3.91. The first kappa shape index (κ1) is 23.7. The van der Waals surface area contributed by atoms with Crippen molar-refractivity contribution in [2.75, 3.05) is 14.2 Å². The third-order valence-corrected chi connectivity index (χ3v) is 5.93. The van der Waals surface area contributed by atoms with Gasteiger partial charge in [0.2, 0.25) is 0 Å². The minimum Gasteiger partial charge on any atom is -0.493 e. The molecule has 0 heterocycles. The predicted octanol–water partition coefficient (Wildman–Crippen LogP) is 6.01. The number of carbonyl (C=O) groups is 1. The molecule has 4 nitrogen and oxygen atoms in total. The highest BCUT2D eigenvalue weighted by atomic mass is 16.5. The summed E-state index contributed by atoms with van der Waals surface area (Å²) >= 11 is 0. The van der Waals surface area contributed by atoms with Gasteiger partial charge in [-0.3, -0.25) is 4.79 Å². The van der Waals surface area contributed by atoms with Crippen LogP contribution in [0.3, 0.4) is 0 Å². The zero-order valence-electron chi connectivity index (χ0n) is 19.9. The third-order valence-electron chi connectivity index (χ3n) is 5.93. The number of hydrogen-bond acceptors (Lipinski definition) is 4. The second kappa shape index (κ2) is 10.6. The molecule has 0 saturated heterocycles. The Bertz CT molecular complexity index is 967. The van der Waals surface area contributed by atoms with E-state index in [0.717, 1.165) is 24.0 Å². The van der Waals surface area contributed by atoms with Crippen molar-refractivity contribution < 1.29 is 19.0 Å². The number of carbonyl (C=O) groups excluding carboxylic acids is 1. The molecule has 0 amide bonds. The molecule has 170 valence electrons. The van der Waals surface area contributed by atoms with Gasteiger partial charge in [0.15, 0.2) is 11.5 Å². The van der Waals surface area contributed by atoms with Gasteiger partial charge in [0, 0.05) is 5.56 Å². The topological polar surface area (TPSA) is 44.8 Å². The van der Waals surface area contributed by atoms with Crippen molar-refractivity contribution in [3.05, 3.63) is 59.2 Å². The van der Waals surface area contributed by atoms with E-state index in [1.165, 1.54) is 25.5 Å². The predicted molar refractivity (Wildman–Crippen MR) is 127 cm³/mol. The van der Waals surface area contributed by atoms with Gasteiger partial charge in [0.05, 0.1) is 32.7 Å². The molecular formula is C28H34O4. The molecule has 0 aromatic heterocycles. The van der Waals surface area contributed by atoms with Gasteiger partial charge < -0.3 is 14.2 Å². The number of hydrogen-bond donors (Lipinski definition) is 0. The molecule has 32 heavy (non-hydrogen) atoms. The van der Waals surface area contributed by atoms with Crippen molar-refractivity contribution in [1.82, 2.24) is 0 Å². The number of ether oxygens (including phenoxy) is 3. The van der Waals surface area contributed by atoms with Gasteiger partial charge in [0.25, 0.3) is 0 Å². The molecule has 1 aliphatic rings. The van der Waals surface area contributed by atoms with Crippen molar-refractivity contribution in [1.29, 1.82) is 0 Å². The van der Waals surface area contributed by atoms with Crippen LogP contribution >= 0.6 is 0 Å². The number of methoxy groups -OCH3 is 2. The van der Waals surface area contributed by atoms with Crippen molar-refractivity contribution in [2.24, 2.45) is 0 Å². The lowest BCUT2D eigenvalue weighted by Gasteiger charge is -2.19. The molecule has 0 radical (unpaired) electrons. The van der Waals surface area contributed by atoms with Crippen molar-refractivity contribution in [3.8, 4) is 23.3 Å². The second-order valence-corrected chi connectivity index (χ2v) is 9.36. The Kier molecular flexibility index (Phi) is 7.85. The number of esters is 1. The average Bonchev–Trinajstić information content (AvgIpc) is 3.29. The quantitative estimate of drug-likeness (QED) is 0.412. The van der Waals surface area contributed by atoms with Gasteiger partial charge in [-0.05, 0) is 66.5 Å². The molecule has 2 aromatic rings. The maximum Gasteiger partial charge on any atom is 0.307 e. The van der Waals surface area contributed by atoms with Crippen molar-refractivity contribution >= 4 is 5.97 Å². The van der Waals surface area contributed by atoms with Crippen LogP contribution in [-0.4, -0.2) is 26.3 Å². The molecule has 0 bridgehead atoms. The summed E-state index contributed by atoms with van der Waals surface area (Å²) in [6, 6.07) is 14.1. The molecule has 1 atom stereocenters. The summed E-state index contributed by atoms with van der Waals surface area (Å²) < 4.78 is 16.7. The summed E-state index contributed by atoms with van der Waals surface area (Å²) in [5.74, 6) is 7.34. The van der Waals surface area contributed by atoms with Crippen LogP contribution in [0.5, 0.6) is 11.5 Å². The van der Waals surface area contributed by atoms with Crippen molar-refractivity contribution in [2.45, 2.75) is 70.3 Å². The maximum atomic E-state index is 12.1. The molecule has 4 heteroatoms. The average molecular weight is 435 g/mol. The van der Waals surface area contributed by atoms with E-state index in [2.05, 4.69) is 44.7 Å². The highest BCUT2D eigenvalue weighted by Crippen LogP contribution is 2.35. The molecule has 0 spiro atoms. The van der Waals surface area contributed by atoms with E-state index in [1.807, 2.05) is 30.3 Å². The van der Waals surface area contributed by atoms with Gasteiger partial charge in [-0.1, -0.05) is 50.8 Å². The molecule has 2 aromatic carbocycles. The van der Waals surface area contributed by atoms with Gasteiger partial charge in [-0.25, -0.2) is 0 Å². The van der Waals surface area contributed by atoms with E-state index in [9.17, 15) is 4.79 Å². The Balaban J connectivity index is 1.89. The lowest BCUT2D eigenvalue weighted by Crippen LogP contribution is -2.12. The normalized spacial score (nSPS) is 14.9. The van der Waals surface area contributed by atoms with Crippen LogP contribution in [-0.2, 0) is 14.9 Å². The Morgan fingerprint density at radius 1 is 1.03 bits per heavy atom. The van der Waals surface area contributed by atoms with E-state index >= 15 is 0 Å². The Hall–Kier alpha value is -2.93. The van der Waals surface area contributed by atoms with E-state index < -0.39 is 0 Å². The van der Waals surface area contributed by atoms with Gasteiger partial charge in [-0.2, -0.15) is 0 Å². The lowest BCUT2D eigenvalue weighted by molar-refractivity contribution is -0.140. The van der Waals surface area contributed by atoms with E-state index in [4.69, 9.17) is 14.2 Å². The first-order valence-corrected chi connectivity index (χ1v) is 11.3. The van der Waals surface area contributed by atoms with Crippen LogP contribution in [0, 0.1) is 11.8 Å². The number of rotatable bonds is 6. The lowest BCUT2D eigenvalue weighted by atomic mass is 9.87. The van der Waals surface area contributed by atoms with E-state index in [-0.39, 0.29) is 29.8 Å².